The van der Waals surface area contributed by atoms with Crippen LogP contribution >= 0.6 is 0 Å². The maximum Gasteiger partial charge on any atom is 0.235 e. The summed E-state index contributed by atoms with van der Waals surface area (Å²) in [4.78, 5) is 11.8. The number of carbonyl (C=O) groups excluding carboxylic acids is 1. The van der Waals surface area contributed by atoms with Crippen molar-refractivity contribution in [3.05, 3.63) is 17.0 Å². The summed E-state index contributed by atoms with van der Waals surface area (Å²) in [6.07, 6.45) is 0.725. The van der Waals surface area contributed by atoms with Gasteiger partial charge < -0.3 is 9.84 Å². The van der Waals surface area contributed by atoms with Gasteiger partial charge in [-0.25, -0.2) is 8.42 Å². The number of nitrogens with zero attached hydrogens (tertiary/aromatic N) is 1. The highest BCUT2D eigenvalue weighted by molar-refractivity contribution is 7.91. The molecule has 0 saturated carbocycles. The van der Waals surface area contributed by atoms with Crippen molar-refractivity contribution < 1.29 is 17.7 Å². The Balaban J connectivity index is 2.74. The smallest absolute Gasteiger partial charge is 0.235 e. The zero-order valence-electron chi connectivity index (χ0n) is 12.6. The molecule has 1 N–H and O–H groups in total. The van der Waals surface area contributed by atoms with Crippen LogP contribution in [0.2, 0.25) is 0 Å². The van der Waals surface area contributed by atoms with Crippen molar-refractivity contribution in [2.75, 3.05) is 5.75 Å². The van der Waals surface area contributed by atoms with Crippen LogP contribution in [0.3, 0.4) is 0 Å². The second-order valence-electron chi connectivity index (χ2n) is 5.62. The Bertz CT molecular complexity index is 568. The fourth-order valence-electron chi connectivity index (χ4n) is 1.68. The summed E-state index contributed by atoms with van der Waals surface area (Å²) in [5.74, 6) is -0.766. The molecule has 1 heterocycles. The zero-order chi connectivity index (χ0) is 15.6. The van der Waals surface area contributed by atoms with E-state index in [4.69, 9.17) is 4.52 Å². The number of nitrogens with one attached hydrogen (secondary N) is 1. The molecule has 0 aliphatic rings. The summed E-state index contributed by atoms with van der Waals surface area (Å²) in [7, 11) is -3.54. The van der Waals surface area contributed by atoms with E-state index in [-0.39, 0.29) is 5.75 Å². The van der Waals surface area contributed by atoms with Gasteiger partial charge in [-0.2, -0.15) is 0 Å². The molecule has 7 heteroatoms. The number of amides is 1. The first-order valence-corrected chi connectivity index (χ1v) is 8.31. The van der Waals surface area contributed by atoms with Gasteiger partial charge in [0.25, 0.3) is 0 Å². The van der Waals surface area contributed by atoms with Gasteiger partial charge in [0, 0.05) is 11.1 Å². The van der Waals surface area contributed by atoms with E-state index >= 15 is 0 Å². The molecule has 0 bridgehead atoms. The predicted molar refractivity (Wildman–Crippen MR) is 76.0 cm³/mol. The molecule has 20 heavy (non-hydrogen) atoms. The van der Waals surface area contributed by atoms with E-state index in [0.29, 0.717) is 17.0 Å². The number of rotatable bonds is 6. The van der Waals surface area contributed by atoms with Gasteiger partial charge in [0.1, 0.15) is 11.5 Å². The number of carbonyl (C=O) groups is 1. The molecule has 0 unspecified atom stereocenters. The average molecular weight is 302 g/mol. The SMILES string of the molecule is CCC(C)(C)NC(=O)CS(=O)(=O)Cc1c(C)noc1C. The van der Waals surface area contributed by atoms with Gasteiger partial charge >= 0.3 is 0 Å². The summed E-state index contributed by atoms with van der Waals surface area (Å²) in [6.45, 7) is 8.98. The lowest BCUT2D eigenvalue weighted by atomic mass is 10.0. The minimum atomic E-state index is -3.54. The average Bonchev–Trinajstić information content (AvgIpc) is 2.58. The second kappa shape index (κ2) is 5.95. The Hall–Kier alpha value is -1.37. The lowest BCUT2D eigenvalue weighted by molar-refractivity contribution is -0.120. The van der Waals surface area contributed by atoms with Crippen molar-refractivity contribution in [2.45, 2.75) is 52.3 Å². The van der Waals surface area contributed by atoms with Gasteiger partial charge in [-0.05, 0) is 34.1 Å². The largest absolute Gasteiger partial charge is 0.361 e. The van der Waals surface area contributed by atoms with Crippen LogP contribution < -0.4 is 5.32 Å². The van der Waals surface area contributed by atoms with Crippen LogP contribution in [0.5, 0.6) is 0 Å². The summed E-state index contributed by atoms with van der Waals surface area (Å²) in [5, 5.41) is 6.43. The minimum absolute atomic E-state index is 0.228. The molecule has 0 atom stereocenters. The Morgan fingerprint density at radius 1 is 1.35 bits per heavy atom. The summed E-state index contributed by atoms with van der Waals surface area (Å²) in [5.41, 5.74) is 0.670. The van der Waals surface area contributed by atoms with Gasteiger partial charge in [-0.15, -0.1) is 0 Å². The van der Waals surface area contributed by atoms with E-state index in [9.17, 15) is 13.2 Å². The monoisotopic (exact) mass is 302 g/mol. The van der Waals surface area contributed by atoms with E-state index in [1.54, 1.807) is 13.8 Å². The molecule has 114 valence electrons. The first-order chi connectivity index (χ1) is 9.06. The minimum Gasteiger partial charge on any atom is -0.361 e. The highest BCUT2D eigenvalue weighted by Crippen LogP contribution is 2.16. The highest BCUT2D eigenvalue weighted by atomic mass is 32.2. The van der Waals surface area contributed by atoms with E-state index in [1.807, 2.05) is 20.8 Å². The highest BCUT2D eigenvalue weighted by Gasteiger charge is 2.25. The molecular weight excluding hydrogens is 280 g/mol. The number of aromatic nitrogens is 1. The second-order valence-corrected chi connectivity index (χ2v) is 7.69. The van der Waals surface area contributed by atoms with Crippen molar-refractivity contribution in [3.8, 4) is 0 Å². The molecule has 0 aliphatic carbocycles. The fraction of sp³-hybridized carbons (Fsp3) is 0.692. The summed E-state index contributed by atoms with van der Waals surface area (Å²) < 4.78 is 29.0. The Kier molecular flexibility index (Phi) is 4.96. The topological polar surface area (TPSA) is 89.3 Å². The number of sulfone groups is 1. The summed E-state index contributed by atoms with van der Waals surface area (Å²) in [6, 6.07) is 0. The van der Waals surface area contributed by atoms with Crippen LogP contribution in [0.4, 0.5) is 0 Å². The van der Waals surface area contributed by atoms with Crippen molar-refractivity contribution in [3.63, 3.8) is 0 Å². The Morgan fingerprint density at radius 3 is 2.40 bits per heavy atom. The molecule has 0 aromatic carbocycles. The van der Waals surface area contributed by atoms with Gasteiger partial charge in [-0.3, -0.25) is 4.79 Å². The van der Waals surface area contributed by atoms with Crippen molar-refractivity contribution in [2.24, 2.45) is 0 Å². The molecular formula is C13H22N2O4S. The van der Waals surface area contributed by atoms with Crippen LogP contribution in [0, 0.1) is 13.8 Å². The van der Waals surface area contributed by atoms with Crippen molar-refractivity contribution in [1.29, 1.82) is 0 Å². The van der Waals surface area contributed by atoms with E-state index < -0.39 is 27.0 Å². The van der Waals surface area contributed by atoms with Gasteiger partial charge in [0.2, 0.25) is 5.91 Å². The third kappa shape index (κ3) is 4.63. The predicted octanol–water partition coefficient (Wildman–Crippen LogP) is 1.51. The molecule has 0 spiro atoms. The Morgan fingerprint density at radius 2 is 1.95 bits per heavy atom. The first kappa shape index (κ1) is 16.7. The van der Waals surface area contributed by atoms with Gasteiger partial charge in [0.15, 0.2) is 9.84 Å². The van der Waals surface area contributed by atoms with Crippen molar-refractivity contribution in [1.82, 2.24) is 10.5 Å². The quantitative estimate of drug-likeness (QED) is 0.860. The molecule has 1 rings (SSSR count). The standard InChI is InChI=1S/C13H22N2O4S/c1-6-13(4,5)14-12(16)8-20(17,18)7-11-9(2)15-19-10(11)3/h6-8H2,1-5H3,(H,14,16). The van der Waals surface area contributed by atoms with Gasteiger partial charge in [0.05, 0.1) is 11.4 Å². The zero-order valence-corrected chi connectivity index (χ0v) is 13.4. The maximum atomic E-state index is 12.1. The molecule has 0 fully saturated rings. The normalized spacial score (nSPS) is 12.4. The number of hydrogen-bond acceptors (Lipinski definition) is 5. The van der Waals surface area contributed by atoms with Crippen LogP contribution in [-0.2, 0) is 20.4 Å². The van der Waals surface area contributed by atoms with Crippen LogP contribution in [0.1, 0.15) is 44.2 Å². The molecule has 0 aliphatic heterocycles. The van der Waals surface area contributed by atoms with Crippen molar-refractivity contribution >= 4 is 15.7 Å². The van der Waals surface area contributed by atoms with Crippen LogP contribution in [-0.4, -0.2) is 30.8 Å². The molecule has 1 aromatic rings. The van der Waals surface area contributed by atoms with Crippen LogP contribution in [0.25, 0.3) is 0 Å². The molecule has 0 radical (unpaired) electrons. The maximum absolute atomic E-state index is 12.1. The van der Waals surface area contributed by atoms with E-state index in [1.165, 1.54) is 0 Å². The fourth-order valence-corrected chi connectivity index (χ4v) is 3.11. The third-order valence-electron chi connectivity index (χ3n) is 3.26. The van der Waals surface area contributed by atoms with E-state index in [0.717, 1.165) is 6.42 Å². The lowest BCUT2D eigenvalue weighted by Crippen LogP contribution is -2.45. The summed E-state index contributed by atoms with van der Waals surface area (Å²) >= 11 is 0. The molecule has 0 saturated heterocycles. The third-order valence-corrected chi connectivity index (χ3v) is 4.69. The number of aryl methyl sites for hydroxylation is 2. The molecule has 6 nitrogen and oxygen atoms in total. The lowest BCUT2D eigenvalue weighted by Gasteiger charge is -2.24. The van der Waals surface area contributed by atoms with Crippen LogP contribution in [0.15, 0.2) is 4.52 Å². The molecule has 1 aromatic heterocycles. The first-order valence-electron chi connectivity index (χ1n) is 6.49. The Labute approximate surface area is 119 Å². The molecule has 1 amide bonds. The van der Waals surface area contributed by atoms with Gasteiger partial charge in [-0.1, -0.05) is 12.1 Å². The van der Waals surface area contributed by atoms with E-state index in [2.05, 4.69) is 10.5 Å². The number of hydrogen-bond donors (Lipinski definition) is 1.